The summed E-state index contributed by atoms with van der Waals surface area (Å²) < 4.78 is 0. The van der Waals surface area contributed by atoms with Gasteiger partial charge in [0.15, 0.2) is 0 Å². The molecule has 1 saturated carbocycles. The molecule has 2 aliphatic heterocycles. The summed E-state index contributed by atoms with van der Waals surface area (Å²) in [6, 6.07) is 6.31. The van der Waals surface area contributed by atoms with Crippen molar-refractivity contribution in [3.8, 4) is 0 Å². The third-order valence-corrected chi connectivity index (χ3v) is 7.48. The van der Waals surface area contributed by atoms with Gasteiger partial charge in [0, 0.05) is 24.7 Å². The van der Waals surface area contributed by atoms with Crippen molar-refractivity contribution in [3.63, 3.8) is 0 Å². The Morgan fingerprint density at radius 1 is 1.00 bits per heavy atom. The number of imide groups is 1. The van der Waals surface area contributed by atoms with Crippen LogP contribution in [0.5, 0.6) is 0 Å². The van der Waals surface area contributed by atoms with Gasteiger partial charge in [0.25, 0.3) is 0 Å². The second kappa shape index (κ2) is 9.29. The van der Waals surface area contributed by atoms with Crippen LogP contribution in [0, 0.1) is 23.2 Å². The van der Waals surface area contributed by atoms with Crippen molar-refractivity contribution in [2.75, 3.05) is 25.5 Å². The van der Waals surface area contributed by atoms with Crippen LogP contribution in [0.25, 0.3) is 0 Å². The van der Waals surface area contributed by atoms with Gasteiger partial charge >= 0.3 is 0 Å². The number of benzene rings is 1. The lowest BCUT2D eigenvalue weighted by atomic mass is 9.71. The minimum atomic E-state index is -0.555. The van der Waals surface area contributed by atoms with Crippen LogP contribution in [-0.2, 0) is 9.59 Å². The van der Waals surface area contributed by atoms with Gasteiger partial charge in [0.05, 0.1) is 11.6 Å². The Morgan fingerprint density at radius 3 is 2.37 bits per heavy atom. The minimum Gasteiger partial charge on any atom is -0.388 e. The third-order valence-electron chi connectivity index (χ3n) is 7.48. The number of carbonyl (C=O) groups excluding carboxylic acids is 2. The molecule has 6 nitrogen and oxygen atoms in total. The predicted molar refractivity (Wildman–Crippen MR) is 119 cm³/mol. The van der Waals surface area contributed by atoms with E-state index in [4.69, 9.17) is 5.41 Å². The van der Waals surface area contributed by atoms with Crippen LogP contribution in [0.1, 0.15) is 68.4 Å². The second-order valence-electron chi connectivity index (χ2n) is 9.17. The molecule has 162 valence electrons. The van der Waals surface area contributed by atoms with Gasteiger partial charge in [-0.2, -0.15) is 0 Å². The fourth-order valence-corrected chi connectivity index (χ4v) is 5.65. The Labute approximate surface area is 179 Å². The van der Waals surface area contributed by atoms with E-state index >= 15 is 0 Å². The number of nitrogens with one attached hydrogen (secondary N) is 4. The van der Waals surface area contributed by atoms with E-state index in [1.807, 2.05) is 13.1 Å². The van der Waals surface area contributed by atoms with Gasteiger partial charge in [-0.1, -0.05) is 12.1 Å². The zero-order valence-electron chi connectivity index (χ0n) is 17.9. The molecule has 3 aliphatic rings. The SMILES string of the molecule is CNc1cc(C2CCC(C3CCNCC3)CC2)ccc1C(=N)C1CCC(=O)NC1=O. The van der Waals surface area contributed by atoms with Crippen LogP contribution < -0.4 is 16.0 Å². The number of piperidine rings is 2. The minimum absolute atomic E-state index is 0.242. The van der Waals surface area contributed by atoms with Crippen molar-refractivity contribution < 1.29 is 9.59 Å². The van der Waals surface area contributed by atoms with Crippen molar-refractivity contribution in [2.45, 2.75) is 57.3 Å². The lowest BCUT2D eigenvalue weighted by molar-refractivity contribution is -0.134. The normalized spacial score (nSPS) is 28.1. The molecule has 2 amide bonds. The van der Waals surface area contributed by atoms with E-state index in [0.29, 0.717) is 24.5 Å². The molecule has 0 bridgehead atoms. The first-order chi connectivity index (χ1) is 14.6. The molecule has 3 fully saturated rings. The van der Waals surface area contributed by atoms with E-state index in [1.54, 1.807) is 0 Å². The number of anilines is 1. The molecule has 2 saturated heterocycles. The Bertz CT molecular complexity index is 807. The maximum atomic E-state index is 12.2. The van der Waals surface area contributed by atoms with E-state index in [2.05, 4.69) is 28.1 Å². The average molecular weight is 411 g/mol. The molecule has 0 radical (unpaired) electrons. The molecule has 30 heavy (non-hydrogen) atoms. The molecule has 1 atom stereocenters. The first-order valence-corrected chi connectivity index (χ1v) is 11.5. The van der Waals surface area contributed by atoms with Gasteiger partial charge in [-0.25, -0.2) is 0 Å². The summed E-state index contributed by atoms with van der Waals surface area (Å²) in [5.74, 6) is 1.21. The number of carbonyl (C=O) groups is 2. The van der Waals surface area contributed by atoms with Gasteiger partial charge in [0.1, 0.15) is 0 Å². The summed E-state index contributed by atoms with van der Waals surface area (Å²) in [4.78, 5) is 23.6. The van der Waals surface area contributed by atoms with Gasteiger partial charge in [-0.05, 0) is 87.4 Å². The van der Waals surface area contributed by atoms with E-state index in [-0.39, 0.29) is 11.8 Å². The summed E-state index contributed by atoms with van der Waals surface area (Å²) in [5.41, 5.74) is 3.30. The standard InChI is InChI=1S/C24H34N4O2/c1-26-21-14-18(16-4-2-15(3-5-16)17-10-12-27-13-11-17)6-7-19(21)23(25)20-8-9-22(29)28-24(20)30/h6-7,14-17,20,25-27H,2-5,8-13H2,1H3,(H,28,29,30). The Balaban J connectivity index is 1.43. The molecule has 2 heterocycles. The summed E-state index contributed by atoms with van der Waals surface area (Å²) >= 11 is 0. The molecule has 0 spiro atoms. The van der Waals surface area contributed by atoms with Gasteiger partial charge in [0.2, 0.25) is 11.8 Å². The molecule has 1 aromatic rings. The van der Waals surface area contributed by atoms with E-state index in [1.165, 1.54) is 57.2 Å². The first-order valence-electron chi connectivity index (χ1n) is 11.5. The monoisotopic (exact) mass is 410 g/mol. The fraction of sp³-hybridized carbons (Fsp3) is 0.625. The van der Waals surface area contributed by atoms with Crippen molar-refractivity contribution >= 4 is 23.2 Å². The lowest BCUT2D eigenvalue weighted by Gasteiger charge is -2.36. The quantitative estimate of drug-likeness (QED) is 0.442. The highest BCUT2D eigenvalue weighted by Gasteiger charge is 2.32. The number of hydrogen-bond donors (Lipinski definition) is 4. The summed E-state index contributed by atoms with van der Waals surface area (Å²) in [6.07, 6.45) is 8.48. The molecule has 1 aromatic carbocycles. The average Bonchev–Trinajstić information content (AvgIpc) is 2.79. The van der Waals surface area contributed by atoms with E-state index < -0.39 is 5.92 Å². The van der Waals surface area contributed by atoms with Crippen LogP contribution in [0.4, 0.5) is 5.69 Å². The maximum Gasteiger partial charge on any atom is 0.235 e. The summed E-state index contributed by atoms with van der Waals surface area (Å²) in [7, 11) is 1.87. The summed E-state index contributed by atoms with van der Waals surface area (Å²) in [5, 5.41) is 17.7. The number of rotatable bonds is 5. The molecule has 1 unspecified atom stereocenters. The zero-order chi connectivity index (χ0) is 21.1. The Morgan fingerprint density at radius 2 is 1.70 bits per heavy atom. The molecular weight excluding hydrogens is 376 g/mol. The smallest absolute Gasteiger partial charge is 0.235 e. The Hall–Kier alpha value is -2.21. The lowest BCUT2D eigenvalue weighted by Crippen LogP contribution is -2.44. The van der Waals surface area contributed by atoms with Crippen molar-refractivity contribution in [1.29, 1.82) is 5.41 Å². The predicted octanol–water partition coefficient (Wildman–Crippen LogP) is 3.42. The molecule has 4 N–H and O–H groups in total. The van der Waals surface area contributed by atoms with Gasteiger partial charge < -0.3 is 16.0 Å². The van der Waals surface area contributed by atoms with Crippen molar-refractivity contribution in [2.24, 2.45) is 17.8 Å². The maximum absolute atomic E-state index is 12.2. The fourth-order valence-electron chi connectivity index (χ4n) is 5.65. The Kier molecular flexibility index (Phi) is 6.52. The van der Waals surface area contributed by atoms with Gasteiger partial charge in [-0.15, -0.1) is 0 Å². The largest absolute Gasteiger partial charge is 0.388 e. The third kappa shape index (κ3) is 4.43. The van der Waals surface area contributed by atoms with Crippen LogP contribution in [-0.4, -0.2) is 37.7 Å². The van der Waals surface area contributed by atoms with E-state index in [0.717, 1.165) is 23.1 Å². The van der Waals surface area contributed by atoms with Gasteiger partial charge in [-0.3, -0.25) is 14.9 Å². The highest BCUT2D eigenvalue weighted by molar-refractivity contribution is 6.17. The molecule has 1 aliphatic carbocycles. The summed E-state index contributed by atoms with van der Waals surface area (Å²) in [6.45, 7) is 2.35. The zero-order valence-corrected chi connectivity index (χ0v) is 17.9. The van der Waals surface area contributed by atoms with Crippen LogP contribution in [0.15, 0.2) is 18.2 Å². The highest BCUT2D eigenvalue weighted by atomic mass is 16.2. The molecule has 0 aromatic heterocycles. The second-order valence-corrected chi connectivity index (χ2v) is 9.17. The highest BCUT2D eigenvalue weighted by Crippen LogP contribution is 2.41. The molecule has 4 rings (SSSR count). The molecular formula is C24H34N4O2. The van der Waals surface area contributed by atoms with Crippen molar-refractivity contribution in [1.82, 2.24) is 10.6 Å². The number of amides is 2. The molecule has 6 heteroatoms. The van der Waals surface area contributed by atoms with Crippen molar-refractivity contribution in [3.05, 3.63) is 29.3 Å². The van der Waals surface area contributed by atoms with Crippen LogP contribution in [0.2, 0.25) is 0 Å². The number of hydrogen-bond acceptors (Lipinski definition) is 5. The van der Waals surface area contributed by atoms with Crippen LogP contribution >= 0.6 is 0 Å². The van der Waals surface area contributed by atoms with Crippen LogP contribution in [0.3, 0.4) is 0 Å². The topological polar surface area (TPSA) is 94.1 Å². The first kappa shape index (κ1) is 21.0. The van der Waals surface area contributed by atoms with E-state index in [9.17, 15) is 9.59 Å².